The predicted octanol–water partition coefficient (Wildman–Crippen LogP) is 5.32. The lowest BCUT2D eigenvalue weighted by molar-refractivity contribution is -0.124. The van der Waals surface area contributed by atoms with Crippen LogP contribution in [-0.4, -0.2) is 33.9 Å². The van der Waals surface area contributed by atoms with Crippen molar-refractivity contribution in [2.24, 2.45) is 5.92 Å². The first kappa shape index (κ1) is 21.6. The van der Waals surface area contributed by atoms with Crippen molar-refractivity contribution in [2.45, 2.75) is 58.2 Å². The van der Waals surface area contributed by atoms with Gasteiger partial charge in [-0.25, -0.2) is 4.98 Å². The third-order valence-electron chi connectivity index (χ3n) is 6.84. The van der Waals surface area contributed by atoms with Crippen LogP contribution in [0.1, 0.15) is 51.1 Å². The monoisotopic (exact) mass is 445 g/mol. The molecule has 1 aliphatic heterocycles. The van der Waals surface area contributed by atoms with Crippen molar-refractivity contribution < 1.29 is 9.53 Å². The van der Waals surface area contributed by atoms with Gasteiger partial charge >= 0.3 is 0 Å². The molecule has 7 nitrogen and oxygen atoms in total. The van der Waals surface area contributed by atoms with Gasteiger partial charge < -0.3 is 15.0 Å². The van der Waals surface area contributed by atoms with Gasteiger partial charge in [-0.1, -0.05) is 12.1 Å². The zero-order valence-electron chi connectivity index (χ0n) is 19.5. The Morgan fingerprint density at radius 3 is 2.70 bits per heavy atom. The molecule has 1 fully saturated rings. The number of fused-ring (bicyclic) bond motifs is 2. The average Bonchev–Trinajstić information content (AvgIpc) is 3.28. The number of hydrogen-bond donors (Lipinski definition) is 1. The lowest BCUT2D eigenvalue weighted by Crippen LogP contribution is -2.38. The Morgan fingerprint density at radius 2 is 1.94 bits per heavy atom. The van der Waals surface area contributed by atoms with E-state index >= 15 is 0 Å². The first-order chi connectivity index (χ1) is 16.0. The Morgan fingerprint density at radius 1 is 1.12 bits per heavy atom. The summed E-state index contributed by atoms with van der Waals surface area (Å²) in [6, 6.07) is 12.5. The molecule has 1 saturated carbocycles. The first-order valence-electron chi connectivity index (χ1n) is 11.8. The fourth-order valence-electron chi connectivity index (χ4n) is 5.00. The molecule has 5 rings (SSSR count). The quantitative estimate of drug-likeness (QED) is 0.588. The molecule has 1 aromatic carbocycles. The first-order valence-corrected chi connectivity index (χ1v) is 11.8. The van der Waals surface area contributed by atoms with Crippen molar-refractivity contribution in [3.05, 3.63) is 54.4 Å². The summed E-state index contributed by atoms with van der Waals surface area (Å²) in [5, 5.41) is 7.97. The molecule has 0 bridgehead atoms. The topological polar surface area (TPSA) is 72.3 Å². The van der Waals surface area contributed by atoms with Gasteiger partial charge in [0.15, 0.2) is 0 Å². The summed E-state index contributed by atoms with van der Waals surface area (Å²) in [4.78, 5) is 20.4. The highest BCUT2D eigenvalue weighted by Crippen LogP contribution is 2.40. The highest BCUT2D eigenvalue weighted by atomic mass is 16.5. The number of hydrogen-bond acceptors (Lipinski definition) is 5. The predicted molar refractivity (Wildman–Crippen MR) is 130 cm³/mol. The molecule has 0 spiro atoms. The van der Waals surface area contributed by atoms with E-state index in [-0.39, 0.29) is 24.0 Å². The summed E-state index contributed by atoms with van der Waals surface area (Å²) in [5.74, 6) is 0.989. The number of carbonyl (C=O) groups excluding carboxylic acids is 1. The van der Waals surface area contributed by atoms with Crippen molar-refractivity contribution in [3.63, 3.8) is 0 Å². The maximum absolute atomic E-state index is 13.9. The fourth-order valence-corrected chi connectivity index (χ4v) is 5.00. The molecule has 0 saturated heterocycles. The smallest absolute Gasteiger partial charge is 0.230 e. The van der Waals surface area contributed by atoms with Crippen LogP contribution in [0.2, 0.25) is 0 Å². The van der Waals surface area contributed by atoms with E-state index in [1.807, 2.05) is 40.0 Å². The van der Waals surface area contributed by atoms with Crippen molar-refractivity contribution >= 4 is 23.1 Å². The van der Waals surface area contributed by atoms with Gasteiger partial charge in [0.2, 0.25) is 5.91 Å². The number of amides is 1. The van der Waals surface area contributed by atoms with Crippen molar-refractivity contribution in [2.75, 3.05) is 17.3 Å². The summed E-state index contributed by atoms with van der Waals surface area (Å²) < 4.78 is 7.54. The second-order valence-corrected chi connectivity index (χ2v) is 9.26. The summed E-state index contributed by atoms with van der Waals surface area (Å²) in [6.45, 7) is 4.74. The number of aromatic nitrogens is 3. The number of anilines is 3. The SMILES string of the molecule is COC1CCC(C(=O)N2Cc3cccnc3Nc3ccc(-c4ccnn4C(C)C)cc32)CC1. The van der Waals surface area contributed by atoms with Gasteiger partial charge in [-0.3, -0.25) is 9.48 Å². The van der Waals surface area contributed by atoms with E-state index < -0.39 is 0 Å². The second-order valence-electron chi connectivity index (χ2n) is 9.26. The van der Waals surface area contributed by atoms with E-state index in [2.05, 4.69) is 41.4 Å². The molecular weight excluding hydrogens is 414 g/mol. The van der Waals surface area contributed by atoms with Crippen LogP contribution in [0.4, 0.5) is 17.2 Å². The number of nitrogens with zero attached hydrogens (tertiary/aromatic N) is 4. The van der Waals surface area contributed by atoms with Crippen LogP contribution in [0.5, 0.6) is 0 Å². The minimum atomic E-state index is 0.00678. The maximum Gasteiger partial charge on any atom is 0.230 e. The van der Waals surface area contributed by atoms with Crippen LogP contribution in [-0.2, 0) is 16.1 Å². The van der Waals surface area contributed by atoms with Gasteiger partial charge in [-0.2, -0.15) is 5.10 Å². The zero-order valence-corrected chi connectivity index (χ0v) is 19.5. The summed E-state index contributed by atoms with van der Waals surface area (Å²) in [6.07, 6.45) is 7.45. The third kappa shape index (κ3) is 4.13. The van der Waals surface area contributed by atoms with E-state index in [1.165, 1.54) is 0 Å². The minimum absolute atomic E-state index is 0.00678. The Labute approximate surface area is 194 Å². The average molecular weight is 446 g/mol. The number of rotatable bonds is 4. The number of methoxy groups -OCH3 is 1. The molecule has 172 valence electrons. The maximum atomic E-state index is 13.9. The number of nitrogens with one attached hydrogen (secondary N) is 1. The molecule has 3 aromatic rings. The van der Waals surface area contributed by atoms with Gasteiger partial charge in [0, 0.05) is 42.6 Å². The van der Waals surface area contributed by atoms with Gasteiger partial charge in [0.1, 0.15) is 5.82 Å². The van der Waals surface area contributed by atoms with Crippen LogP contribution >= 0.6 is 0 Å². The van der Waals surface area contributed by atoms with Gasteiger partial charge in [-0.15, -0.1) is 0 Å². The molecule has 2 aromatic heterocycles. The molecule has 0 atom stereocenters. The normalized spacial score (nSPS) is 20.1. The molecule has 7 heteroatoms. The molecule has 1 N–H and O–H groups in total. The fraction of sp³-hybridized carbons (Fsp3) is 0.423. The lowest BCUT2D eigenvalue weighted by atomic mass is 9.86. The van der Waals surface area contributed by atoms with E-state index in [0.29, 0.717) is 6.54 Å². The summed E-state index contributed by atoms with van der Waals surface area (Å²) in [7, 11) is 1.76. The van der Waals surface area contributed by atoms with Crippen LogP contribution in [0.25, 0.3) is 11.3 Å². The number of benzene rings is 1. The largest absolute Gasteiger partial charge is 0.381 e. The molecule has 0 unspecified atom stereocenters. The van der Waals surface area contributed by atoms with Crippen LogP contribution in [0.15, 0.2) is 48.8 Å². The van der Waals surface area contributed by atoms with Crippen molar-refractivity contribution in [1.82, 2.24) is 14.8 Å². The molecule has 3 heterocycles. The van der Waals surface area contributed by atoms with E-state index in [1.54, 1.807) is 13.3 Å². The Kier molecular flexibility index (Phi) is 5.89. The molecule has 0 radical (unpaired) electrons. The van der Waals surface area contributed by atoms with Crippen molar-refractivity contribution in [1.29, 1.82) is 0 Å². The van der Waals surface area contributed by atoms with Crippen LogP contribution in [0, 0.1) is 5.92 Å². The van der Waals surface area contributed by atoms with Crippen LogP contribution in [0.3, 0.4) is 0 Å². The number of carbonyl (C=O) groups is 1. The summed E-state index contributed by atoms with van der Waals surface area (Å²) >= 11 is 0. The highest BCUT2D eigenvalue weighted by molar-refractivity contribution is 6.00. The molecule has 1 aliphatic carbocycles. The molecule has 33 heavy (non-hydrogen) atoms. The number of pyridine rings is 1. The Hall–Kier alpha value is -3.19. The minimum Gasteiger partial charge on any atom is -0.381 e. The summed E-state index contributed by atoms with van der Waals surface area (Å²) in [5.41, 5.74) is 4.88. The van der Waals surface area contributed by atoms with Crippen molar-refractivity contribution in [3.8, 4) is 11.3 Å². The second kappa shape index (κ2) is 8.98. The standard InChI is InChI=1S/C26H31N5O2/c1-17(2)31-23(12-14-28-31)19-8-11-22-24(15-19)30(16-20-5-4-13-27-25(20)29-22)26(32)18-6-9-21(33-3)10-7-18/h4-5,8,11-15,17-18,21H,6-7,9-10,16H2,1-3H3,(H,27,29). The highest BCUT2D eigenvalue weighted by Gasteiger charge is 2.33. The lowest BCUT2D eigenvalue weighted by Gasteiger charge is -2.32. The molecule has 1 amide bonds. The molecule has 2 aliphatic rings. The number of ether oxygens (including phenoxy) is 1. The molecular formula is C26H31N5O2. The van der Waals surface area contributed by atoms with Gasteiger partial charge in [-0.05, 0) is 63.8 Å². The van der Waals surface area contributed by atoms with Gasteiger partial charge in [0.05, 0.1) is 29.7 Å². The van der Waals surface area contributed by atoms with Crippen LogP contribution < -0.4 is 10.2 Å². The van der Waals surface area contributed by atoms with E-state index in [0.717, 1.165) is 59.7 Å². The Balaban J connectivity index is 1.55. The zero-order chi connectivity index (χ0) is 22.9. The third-order valence-corrected chi connectivity index (χ3v) is 6.84. The van der Waals surface area contributed by atoms with Gasteiger partial charge in [0.25, 0.3) is 0 Å². The Bertz CT molecular complexity index is 1150. The van der Waals surface area contributed by atoms with E-state index in [4.69, 9.17) is 4.74 Å². The van der Waals surface area contributed by atoms with E-state index in [9.17, 15) is 4.79 Å².